The molecule has 0 spiro atoms. The van der Waals surface area contributed by atoms with E-state index in [0.29, 0.717) is 6.61 Å². The summed E-state index contributed by atoms with van der Waals surface area (Å²) >= 11 is 0. The van der Waals surface area contributed by atoms with Crippen LogP contribution in [-0.2, 0) is 18.9 Å². The van der Waals surface area contributed by atoms with Gasteiger partial charge in [0.05, 0.1) is 6.61 Å². The van der Waals surface area contributed by atoms with Crippen LogP contribution in [0.2, 0.25) is 0 Å². The Morgan fingerprint density at radius 3 is 2.61 bits per heavy atom. The molecule has 2 bridgehead atoms. The minimum absolute atomic E-state index is 0.297. The van der Waals surface area contributed by atoms with Crippen molar-refractivity contribution in [1.82, 2.24) is 0 Å². The van der Waals surface area contributed by atoms with Crippen molar-refractivity contribution in [3.63, 3.8) is 0 Å². The highest BCUT2D eigenvalue weighted by molar-refractivity contribution is 5.17. The van der Waals surface area contributed by atoms with Gasteiger partial charge in [-0.05, 0) is 0 Å². The zero-order chi connectivity index (χ0) is 12.1. The first kappa shape index (κ1) is 10.9. The maximum atomic E-state index is 10.1. The van der Waals surface area contributed by atoms with Gasteiger partial charge in [-0.3, -0.25) is 0 Å². The highest BCUT2D eigenvalue weighted by Gasteiger charge is 2.56. The van der Waals surface area contributed by atoms with E-state index < -0.39 is 18.7 Å². The van der Waals surface area contributed by atoms with Crippen molar-refractivity contribution in [3.05, 3.63) is 35.9 Å². The van der Waals surface area contributed by atoms with Crippen molar-refractivity contribution >= 4 is 0 Å². The molecule has 0 saturated carbocycles. The molecule has 96 valence electrons. The van der Waals surface area contributed by atoms with E-state index in [-0.39, 0.29) is 18.3 Å². The molecule has 5 nitrogen and oxygen atoms in total. The van der Waals surface area contributed by atoms with Crippen LogP contribution in [0.5, 0.6) is 0 Å². The minimum atomic E-state index is -0.692. The molecule has 0 aromatic heterocycles. The van der Waals surface area contributed by atoms with Crippen molar-refractivity contribution in [1.29, 1.82) is 0 Å². The van der Waals surface area contributed by atoms with E-state index >= 15 is 0 Å². The van der Waals surface area contributed by atoms with Crippen LogP contribution in [0.3, 0.4) is 0 Å². The van der Waals surface area contributed by atoms with Crippen molar-refractivity contribution in [3.8, 4) is 0 Å². The molecule has 0 unspecified atom stereocenters. The number of benzene rings is 1. The Hall–Kier alpha value is -0.980. The zero-order valence-corrected chi connectivity index (χ0v) is 9.64. The number of hydrogen-bond acceptors (Lipinski definition) is 5. The second-order valence-corrected chi connectivity index (χ2v) is 4.81. The fourth-order valence-electron chi connectivity index (χ4n) is 2.74. The molecular formula is C13H14O5. The maximum Gasteiger partial charge on any atom is 0.187 e. The fourth-order valence-corrected chi connectivity index (χ4v) is 2.74. The van der Waals surface area contributed by atoms with Gasteiger partial charge in [-0.15, -0.1) is 0 Å². The van der Waals surface area contributed by atoms with Gasteiger partial charge in [0.15, 0.2) is 12.6 Å². The van der Waals surface area contributed by atoms with Crippen LogP contribution in [-0.4, -0.2) is 42.4 Å². The molecule has 18 heavy (non-hydrogen) atoms. The molecule has 4 rings (SSSR count). The zero-order valence-electron chi connectivity index (χ0n) is 9.64. The summed E-state index contributed by atoms with van der Waals surface area (Å²) in [6.07, 6.45) is -2.60. The summed E-state index contributed by atoms with van der Waals surface area (Å²) in [7, 11) is 0. The number of aliphatic hydroxyl groups excluding tert-OH is 1. The Kier molecular flexibility index (Phi) is 2.43. The van der Waals surface area contributed by atoms with Crippen molar-refractivity contribution in [2.75, 3.05) is 6.61 Å². The summed E-state index contributed by atoms with van der Waals surface area (Å²) in [6, 6.07) is 9.68. The van der Waals surface area contributed by atoms with Crippen LogP contribution in [0.25, 0.3) is 0 Å². The molecule has 3 fully saturated rings. The van der Waals surface area contributed by atoms with Gasteiger partial charge in [-0.25, -0.2) is 0 Å². The molecule has 0 radical (unpaired) electrons. The first-order chi connectivity index (χ1) is 8.83. The predicted octanol–water partition coefficient (Wildman–Crippen LogP) is 0.585. The average molecular weight is 250 g/mol. The molecule has 3 heterocycles. The highest BCUT2D eigenvalue weighted by Crippen LogP contribution is 2.41. The van der Waals surface area contributed by atoms with E-state index in [4.69, 9.17) is 18.9 Å². The smallest absolute Gasteiger partial charge is 0.187 e. The second-order valence-electron chi connectivity index (χ2n) is 4.81. The van der Waals surface area contributed by atoms with Gasteiger partial charge in [-0.2, -0.15) is 0 Å². The van der Waals surface area contributed by atoms with E-state index in [2.05, 4.69) is 0 Å². The van der Waals surface area contributed by atoms with E-state index in [9.17, 15) is 5.11 Å². The lowest BCUT2D eigenvalue weighted by molar-refractivity contribution is -0.194. The number of hydrogen-bond donors (Lipinski definition) is 1. The normalized spacial score (nSPS) is 46.1. The van der Waals surface area contributed by atoms with E-state index in [1.165, 1.54) is 0 Å². The molecule has 0 aliphatic carbocycles. The van der Waals surface area contributed by atoms with Crippen molar-refractivity contribution in [2.45, 2.75) is 37.0 Å². The van der Waals surface area contributed by atoms with E-state index in [0.717, 1.165) is 5.56 Å². The van der Waals surface area contributed by atoms with Gasteiger partial charge in [0.1, 0.15) is 24.4 Å². The Morgan fingerprint density at radius 2 is 1.78 bits per heavy atom. The quantitative estimate of drug-likeness (QED) is 0.790. The summed E-state index contributed by atoms with van der Waals surface area (Å²) in [5.41, 5.74) is 0.940. The average Bonchev–Trinajstić information content (AvgIpc) is 3.04. The summed E-state index contributed by atoms with van der Waals surface area (Å²) in [5, 5.41) is 10.1. The lowest BCUT2D eigenvalue weighted by Crippen LogP contribution is -2.52. The molecule has 3 aliphatic heterocycles. The summed E-state index contributed by atoms with van der Waals surface area (Å²) in [6.45, 7) is 0.404. The molecule has 3 aliphatic rings. The molecule has 1 N–H and O–H groups in total. The lowest BCUT2D eigenvalue weighted by atomic mass is 10.0. The lowest BCUT2D eigenvalue weighted by Gasteiger charge is -2.31. The number of rotatable bonds is 1. The third-order valence-electron chi connectivity index (χ3n) is 3.68. The summed E-state index contributed by atoms with van der Waals surface area (Å²) in [5.74, 6) is 0. The molecule has 1 aromatic carbocycles. The third-order valence-corrected chi connectivity index (χ3v) is 3.68. The molecule has 0 amide bonds. The Bertz CT molecular complexity index is 430. The fraction of sp³-hybridized carbons (Fsp3) is 0.538. The van der Waals surface area contributed by atoms with Gasteiger partial charge < -0.3 is 24.1 Å². The largest absolute Gasteiger partial charge is 0.387 e. The second kappa shape index (κ2) is 4.01. The number of aliphatic hydroxyl groups is 1. The Morgan fingerprint density at radius 1 is 1.00 bits per heavy atom. The van der Waals surface area contributed by atoms with E-state index in [1.807, 2.05) is 30.3 Å². The van der Waals surface area contributed by atoms with Gasteiger partial charge in [0.25, 0.3) is 0 Å². The molecule has 6 atom stereocenters. The predicted molar refractivity (Wildman–Crippen MR) is 59.5 cm³/mol. The van der Waals surface area contributed by atoms with Gasteiger partial charge in [0, 0.05) is 5.56 Å². The molecular weight excluding hydrogens is 236 g/mol. The summed E-state index contributed by atoms with van der Waals surface area (Å²) < 4.78 is 22.6. The van der Waals surface area contributed by atoms with Crippen LogP contribution in [0.15, 0.2) is 30.3 Å². The monoisotopic (exact) mass is 250 g/mol. The van der Waals surface area contributed by atoms with E-state index in [1.54, 1.807) is 0 Å². The van der Waals surface area contributed by atoms with Crippen LogP contribution in [0.1, 0.15) is 11.9 Å². The molecule has 3 saturated heterocycles. The van der Waals surface area contributed by atoms with Crippen LogP contribution >= 0.6 is 0 Å². The number of fused-ring (bicyclic) bond motifs is 4. The number of ether oxygens (including phenoxy) is 4. The minimum Gasteiger partial charge on any atom is -0.387 e. The SMILES string of the molecule is O[C@H]1[C@@H]2O[C@H](c3ccccc3)O[C@@H]2[C@@H]2OC[C@H]1O2. The third kappa shape index (κ3) is 1.52. The van der Waals surface area contributed by atoms with Crippen molar-refractivity contribution < 1.29 is 24.1 Å². The standard InChI is InChI=1S/C13H14O5/c14-9-8-6-15-13(16-8)11-10(9)17-12(18-11)7-4-2-1-3-5-7/h1-5,8-14H,6H2/t8-,9-,10+,11+,12+,13-/m1/s1. The van der Waals surface area contributed by atoms with Gasteiger partial charge >= 0.3 is 0 Å². The Labute approximate surface area is 104 Å². The van der Waals surface area contributed by atoms with Gasteiger partial charge in [-0.1, -0.05) is 30.3 Å². The first-order valence-corrected chi connectivity index (χ1v) is 6.14. The van der Waals surface area contributed by atoms with Gasteiger partial charge in [0.2, 0.25) is 0 Å². The molecule has 1 aromatic rings. The first-order valence-electron chi connectivity index (χ1n) is 6.14. The molecule has 5 heteroatoms. The summed E-state index contributed by atoms with van der Waals surface area (Å²) in [4.78, 5) is 0. The van der Waals surface area contributed by atoms with Crippen LogP contribution in [0.4, 0.5) is 0 Å². The maximum absolute atomic E-state index is 10.1. The topological polar surface area (TPSA) is 57.2 Å². The highest BCUT2D eigenvalue weighted by atomic mass is 16.8. The van der Waals surface area contributed by atoms with Crippen molar-refractivity contribution in [2.24, 2.45) is 0 Å². The van der Waals surface area contributed by atoms with Crippen LogP contribution < -0.4 is 0 Å². The van der Waals surface area contributed by atoms with Crippen LogP contribution in [0, 0.1) is 0 Å². The Balaban J connectivity index is 1.60.